The van der Waals surface area contributed by atoms with Crippen LogP contribution in [0.2, 0.25) is 5.15 Å². The van der Waals surface area contributed by atoms with Crippen molar-refractivity contribution in [1.29, 1.82) is 0 Å². The number of hydrogen-bond acceptors (Lipinski definition) is 5. The zero-order valence-electron chi connectivity index (χ0n) is 12.0. The highest BCUT2D eigenvalue weighted by molar-refractivity contribution is 7.92. The maximum absolute atomic E-state index is 12.3. The second kappa shape index (κ2) is 5.85. The zero-order valence-corrected chi connectivity index (χ0v) is 13.6. The van der Waals surface area contributed by atoms with Crippen LogP contribution in [-0.2, 0) is 17.1 Å². The van der Waals surface area contributed by atoms with Crippen LogP contribution in [0.3, 0.4) is 0 Å². The van der Waals surface area contributed by atoms with Gasteiger partial charge in [0.15, 0.2) is 0 Å². The number of sulfonamides is 1. The van der Waals surface area contributed by atoms with Gasteiger partial charge < -0.3 is 0 Å². The summed E-state index contributed by atoms with van der Waals surface area (Å²) in [6, 6.07) is 1.71. The van der Waals surface area contributed by atoms with Crippen LogP contribution in [0.4, 0.5) is 5.95 Å². The molecular weight excluding hydrogens is 326 g/mol. The fourth-order valence-electron chi connectivity index (χ4n) is 2.63. The summed E-state index contributed by atoms with van der Waals surface area (Å²) in [6.45, 7) is 0. The normalized spacial score (nSPS) is 16.1. The number of aromatic nitrogens is 4. The highest BCUT2D eigenvalue weighted by Crippen LogP contribution is 2.34. The molecule has 0 spiro atoms. The Morgan fingerprint density at radius 2 is 2.05 bits per heavy atom. The number of halogens is 1. The maximum atomic E-state index is 12.3. The monoisotopic (exact) mass is 341 g/mol. The topological polar surface area (TPSA) is 89.8 Å². The molecule has 2 aromatic rings. The molecule has 118 valence electrons. The van der Waals surface area contributed by atoms with Gasteiger partial charge in [-0.05, 0) is 18.9 Å². The Bertz CT molecular complexity index is 783. The van der Waals surface area contributed by atoms with Gasteiger partial charge in [-0.15, -0.1) is 0 Å². The van der Waals surface area contributed by atoms with Crippen LogP contribution in [0, 0.1) is 0 Å². The number of rotatable bonds is 4. The van der Waals surface area contributed by atoms with Crippen LogP contribution in [-0.4, -0.2) is 28.2 Å². The predicted octanol–water partition coefficient (Wildman–Crippen LogP) is 2.32. The molecule has 1 aliphatic rings. The first kappa shape index (κ1) is 15.2. The fourth-order valence-corrected chi connectivity index (χ4v) is 3.75. The first-order valence-corrected chi connectivity index (χ1v) is 8.86. The van der Waals surface area contributed by atoms with E-state index >= 15 is 0 Å². The Hall–Kier alpha value is -1.67. The molecule has 22 heavy (non-hydrogen) atoms. The predicted molar refractivity (Wildman–Crippen MR) is 82.3 cm³/mol. The standard InChI is InChI=1S/C13H16ClN5O2S/c1-19-8-10(7-15-19)22(20,21)18-13-16-11(6-12(14)17-13)9-4-2-3-5-9/h6-9H,2-5H2,1H3,(H,16,17,18). The second-order valence-corrected chi connectivity index (χ2v) is 7.45. The molecule has 3 rings (SSSR count). The van der Waals surface area contributed by atoms with Gasteiger partial charge in [0.2, 0.25) is 5.95 Å². The number of nitrogens with zero attached hydrogens (tertiary/aromatic N) is 4. The minimum absolute atomic E-state index is 0.00162. The molecule has 0 atom stereocenters. The van der Waals surface area contributed by atoms with Gasteiger partial charge in [0.1, 0.15) is 10.0 Å². The quantitative estimate of drug-likeness (QED) is 0.862. The van der Waals surface area contributed by atoms with Crippen molar-refractivity contribution in [2.75, 3.05) is 4.72 Å². The highest BCUT2D eigenvalue weighted by atomic mass is 35.5. The van der Waals surface area contributed by atoms with Crippen LogP contribution in [0.5, 0.6) is 0 Å². The lowest BCUT2D eigenvalue weighted by molar-refractivity contribution is 0.600. The van der Waals surface area contributed by atoms with E-state index in [1.165, 1.54) is 17.1 Å². The zero-order chi connectivity index (χ0) is 15.7. The largest absolute Gasteiger partial charge is 0.274 e. The third kappa shape index (κ3) is 3.22. The Morgan fingerprint density at radius 1 is 1.32 bits per heavy atom. The average Bonchev–Trinajstić information content (AvgIpc) is 3.08. The first-order chi connectivity index (χ1) is 10.4. The van der Waals surface area contributed by atoms with Crippen molar-refractivity contribution >= 4 is 27.6 Å². The van der Waals surface area contributed by atoms with Gasteiger partial charge in [-0.3, -0.25) is 4.68 Å². The molecule has 7 nitrogen and oxygen atoms in total. The number of aryl methyl sites for hydroxylation is 1. The van der Waals surface area contributed by atoms with Crippen LogP contribution in [0.15, 0.2) is 23.4 Å². The highest BCUT2D eigenvalue weighted by Gasteiger charge is 2.22. The van der Waals surface area contributed by atoms with Crippen molar-refractivity contribution in [3.8, 4) is 0 Å². The summed E-state index contributed by atoms with van der Waals surface area (Å²) < 4.78 is 28.3. The molecule has 1 fully saturated rings. The minimum atomic E-state index is -3.77. The average molecular weight is 342 g/mol. The Kier molecular flexibility index (Phi) is 4.05. The molecule has 0 radical (unpaired) electrons. The summed E-state index contributed by atoms with van der Waals surface area (Å²) in [7, 11) is -2.12. The van der Waals surface area contributed by atoms with Crippen molar-refractivity contribution in [2.24, 2.45) is 7.05 Å². The van der Waals surface area contributed by atoms with E-state index in [0.29, 0.717) is 5.92 Å². The molecule has 2 heterocycles. The van der Waals surface area contributed by atoms with Gasteiger partial charge in [0.05, 0.1) is 11.9 Å². The SMILES string of the molecule is Cn1cc(S(=O)(=O)Nc2nc(Cl)cc(C3CCCC3)n2)cn1. The van der Waals surface area contributed by atoms with Crippen LogP contribution in [0.25, 0.3) is 0 Å². The summed E-state index contributed by atoms with van der Waals surface area (Å²) >= 11 is 6.01. The molecule has 0 aliphatic heterocycles. The Labute approximate surface area is 133 Å². The smallest absolute Gasteiger partial charge is 0.267 e. The van der Waals surface area contributed by atoms with E-state index in [0.717, 1.165) is 31.4 Å². The molecule has 0 unspecified atom stereocenters. The van der Waals surface area contributed by atoms with Crippen LogP contribution in [0.1, 0.15) is 37.3 Å². The lowest BCUT2D eigenvalue weighted by Gasteiger charge is -2.11. The Balaban J connectivity index is 1.88. The van der Waals surface area contributed by atoms with Crippen LogP contribution >= 0.6 is 11.6 Å². The van der Waals surface area contributed by atoms with E-state index in [2.05, 4.69) is 19.8 Å². The lowest BCUT2D eigenvalue weighted by Crippen LogP contribution is -2.15. The molecule has 0 saturated heterocycles. The molecule has 1 N–H and O–H groups in total. The van der Waals surface area contributed by atoms with E-state index in [9.17, 15) is 8.42 Å². The van der Waals surface area contributed by atoms with Crippen molar-refractivity contribution in [3.05, 3.63) is 29.3 Å². The summed E-state index contributed by atoms with van der Waals surface area (Å²) in [6.07, 6.45) is 7.08. The van der Waals surface area contributed by atoms with Gasteiger partial charge in [0, 0.05) is 19.2 Å². The number of anilines is 1. The van der Waals surface area contributed by atoms with Gasteiger partial charge in [-0.1, -0.05) is 24.4 Å². The van der Waals surface area contributed by atoms with Gasteiger partial charge in [-0.2, -0.15) is 5.10 Å². The van der Waals surface area contributed by atoms with Crippen LogP contribution < -0.4 is 4.72 Å². The fraction of sp³-hybridized carbons (Fsp3) is 0.462. The molecule has 0 amide bonds. The van der Waals surface area contributed by atoms with E-state index < -0.39 is 10.0 Å². The third-order valence-electron chi connectivity index (χ3n) is 3.71. The van der Waals surface area contributed by atoms with Gasteiger partial charge in [0.25, 0.3) is 10.0 Å². The molecule has 1 saturated carbocycles. The summed E-state index contributed by atoms with van der Waals surface area (Å²) in [5.74, 6) is 0.320. The lowest BCUT2D eigenvalue weighted by atomic mass is 10.0. The van der Waals surface area contributed by atoms with E-state index in [-0.39, 0.29) is 16.0 Å². The van der Waals surface area contributed by atoms with E-state index in [4.69, 9.17) is 11.6 Å². The molecular formula is C13H16ClN5O2S. The van der Waals surface area contributed by atoms with Crippen molar-refractivity contribution in [1.82, 2.24) is 19.7 Å². The summed E-state index contributed by atoms with van der Waals surface area (Å²) in [4.78, 5) is 8.34. The van der Waals surface area contributed by atoms with Gasteiger partial charge >= 0.3 is 0 Å². The molecule has 0 bridgehead atoms. The summed E-state index contributed by atoms with van der Waals surface area (Å²) in [5.41, 5.74) is 0.793. The Morgan fingerprint density at radius 3 is 2.68 bits per heavy atom. The number of hydrogen-bond donors (Lipinski definition) is 1. The molecule has 2 aromatic heterocycles. The minimum Gasteiger partial charge on any atom is -0.274 e. The third-order valence-corrected chi connectivity index (χ3v) is 5.18. The second-order valence-electron chi connectivity index (χ2n) is 5.38. The molecule has 9 heteroatoms. The first-order valence-electron chi connectivity index (χ1n) is 7.00. The van der Waals surface area contributed by atoms with E-state index in [1.54, 1.807) is 13.1 Å². The molecule has 0 aromatic carbocycles. The summed E-state index contributed by atoms with van der Waals surface area (Å²) in [5, 5.41) is 4.09. The molecule has 1 aliphatic carbocycles. The van der Waals surface area contributed by atoms with E-state index in [1.807, 2.05) is 0 Å². The van der Waals surface area contributed by atoms with Crippen molar-refractivity contribution < 1.29 is 8.42 Å². The number of nitrogens with one attached hydrogen (secondary N) is 1. The van der Waals surface area contributed by atoms with Crippen molar-refractivity contribution in [2.45, 2.75) is 36.5 Å². The maximum Gasteiger partial charge on any atom is 0.267 e. The van der Waals surface area contributed by atoms with Gasteiger partial charge in [-0.25, -0.2) is 23.1 Å². The van der Waals surface area contributed by atoms with Crippen molar-refractivity contribution in [3.63, 3.8) is 0 Å².